The first-order valence-corrected chi connectivity index (χ1v) is 7.22. The first kappa shape index (κ1) is 11.7. The van der Waals surface area contributed by atoms with E-state index in [1.807, 2.05) is 24.3 Å². The number of anilines is 1. The highest BCUT2D eigenvalue weighted by molar-refractivity contribution is 6.05. The van der Waals surface area contributed by atoms with E-state index in [-0.39, 0.29) is 0 Å². The minimum absolute atomic E-state index is 0.426. The fraction of sp³-hybridized carbons (Fsp3) is 0.375. The van der Waals surface area contributed by atoms with Crippen LogP contribution >= 0.6 is 0 Å². The summed E-state index contributed by atoms with van der Waals surface area (Å²) in [7, 11) is 0. The standard InChI is InChI=1S/C16H17N3O/c1-10(11-5-4-6-11)19-16-15-14(17-9-18-16)12-7-2-3-8-13(12)20-15/h2-3,7-11H,4-6H2,1H3,(H,17,18,19). The van der Waals surface area contributed by atoms with Crippen LogP contribution in [-0.2, 0) is 0 Å². The van der Waals surface area contributed by atoms with Crippen molar-refractivity contribution in [2.75, 3.05) is 5.32 Å². The number of hydrogen-bond acceptors (Lipinski definition) is 4. The van der Waals surface area contributed by atoms with Gasteiger partial charge < -0.3 is 9.73 Å². The first-order chi connectivity index (χ1) is 9.83. The zero-order valence-electron chi connectivity index (χ0n) is 11.5. The molecule has 0 amide bonds. The van der Waals surface area contributed by atoms with E-state index in [0.717, 1.165) is 33.8 Å². The summed E-state index contributed by atoms with van der Waals surface area (Å²) in [5.74, 6) is 1.56. The lowest BCUT2D eigenvalue weighted by molar-refractivity contribution is 0.285. The van der Waals surface area contributed by atoms with Gasteiger partial charge in [-0.3, -0.25) is 0 Å². The van der Waals surface area contributed by atoms with Crippen molar-refractivity contribution in [3.8, 4) is 0 Å². The second-order valence-electron chi connectivity index (χ2n) is 5.62. The van der Waals surface area contributed by atoms with Crippen LogP contribution in [0.1, 0.15) is 26.2 Å². The predicted octanol–water partition coefficient (Wildman–Crippen LogP) is 3.98. The fourth-order valence-electron chi connectivity index (χ4n) is 2.90. The lowest BCUT2D eigenvalue weighted by atomic mass is 9.80. The van der Waals surface area contributed by atoms with E-state index in [2.05, 4.69) is 22.2 Å². The van der Waals surface area contributed by atoms with E-state index in [0.29, 0.717) is 6.04 Å². The Morgan fingerprint density at radius 3 is 2.90 bits per heavy atom. The third-order valence-corrected chi connectivity index (χ3v) is 4.38. The smallest absolute Gasteiger partial charge is 0.196 e. The monoisotopic (exact) mass is 267 g/mol. The van der Waals surface area contributed by atoms with Gasteiger partial charge in [-0.1, -0.05) is 18.6 Å². The van der Waals surface area contributed by atoms with Crippen LogP contribution in [0.25, 0.3) is 22.1 Å². The number of benzene rings is 1. The second kappa shape index (κ2) is 4.47. The van der Waals surface area contributed by atoms with Crippen molar-refractivity contribution in [3.63, 3.8) is 0 Å². The molecule has 0 bridgehead atoms. The van der Waals surface area contributed by atoms with Crippen molar-refractivity contribution in [1.82, 2.24) is 9.97 Å². The molecule has 1 atom stereocenters. The molecule has 0 spiro atoms. The highest BCUT2D eigenvalue weighted by atomic mass is 16.3. The van der Waals surface area contributed by atoms with Gasteiger partial charge in [0.2, 0.25) is 0 Å². The van der Waals surface area contributed by atoms with Crippen molar-refractivity contribution in [1.29, 1.82) is 0 Å². The Morgan fingerprint density at radius 1 is 1.25 bits per heavy atom. The molecule has 2 heterocycles. The average molecular weight is 267 g/mol. The van der Waals surface area contributed by atoms with Gasteiger partial charge in [0.05, 0.1) is 0 Å². The summed E-state index contributed by atoms with van der Waals surface area (Å²) >= 11 is 0. The summed E-state index contributed by atoms with van der Waals surface area (Å²) in [6.45, 7) is 2.22. The number of aromatic nitrogens is 2. The van der Waals surface area contributed by atoms with Crippen molar-refractivity contribution in [2.24, 2.45) is 5.92 Å². The minimum Gasteiger partial charge on any atom is -0.450 e. The number of hydrogen-bond donors (Lipinski definition) is 1. The van der Waals surface area contributed by atoms with Crippen LogP contribution in [0.4, 0.5) is 5.82 Å². The molecule has 1 aromatic carbocycles. The number of para-hydroxylation sites is 1. The maximum Gasteiger partial charge on any atom is 0.196 e. The molecule has 1 saturated carbocycles. The lowest BCUT2D eigenvalue weighted by Crippen LogP contribution is -2.31. The van der Waals surface area contributed by atoms with Gasteiger partial charge in [0.1, 0.15) is 17.4 Å². The van der Waals surface area contributed by atoms with E-state index in [9.17, 15) is 0 Å². The quantitative estimate of drug-likeness (QED) is 0.780. The molecule has 3 aromatic rings. The largest absolute Gasteiger partial charge is 0.450 e. The topological polar surface area (TPSA) is 51.0 Å². The van der Waals surface area contributed by atoms with E-state index >= 15 is 0 Å². The lowest BCUT2D eigenvalue weighted by Gasteiger charge is -2.32. The molecular weight excluding hydrogens is 250 g/mol. The maximum atomic E-state index is 5.93. The molecule has 4 heteroatoms. The molecule has 4 rings (SSSR count). The van der Waals surface area contributed by atoms with Crippen LogP contribution < -0.4 is 5.32 Å². The first-order valence-electron chi connectivity index (χ1n) is 7.22. The number of furan rings is 1. The van der Waals surface area contributed by atoms with Crippen molar-refractivity contribution >= 4 is 27.9 Å². The molecule has 1 fully saturated rings. The summed E-state index contributed by atoms with van der Waals surface area (Å²) in [4.78, 5) is 8.74. The van der Waals surface area contributed by atoms with Crippen LogP contribution in [0.3, 0.4) is 0 Å². The molecule has 20 heavy (non-hydrogen) atoms. The van der Waals surface area contributed by atoms with Crippen molar-refractivity contribution in [3.05, 3.63) is 30.6 Å². The Bertz CT molecular complexity index is 761. The molecule has 102 valence electrons. The number of rotatable bonds is 3. The molecule has 1 aliphatic rings. The highest BCUT2D eigenvalue weighted by Crippen LogP contribution is 2.34. The second-order valence-corrected chi connectivity index (χ2v) is 5.62. The Labute approximate surface area is 117 Å². The highest BCUT2D eigenvalue weighted by Gasteiger charge is 2.25. The van der Waals surface area contributed by atoms with Gasteiger partial charge in [-0.2, -0.15) is 0 Å². The summed E-state index contributed by atoms with van der Waals surface area (Å²) in [6.07, 6.45) is 5.58. The van der Waals surface area contributed by atoms with E-state index in [1.54, 1.807) is 6.33 Å². The summed E-state index contributed by atoms with van der Waals surface area (Å²) in [5.41, 5.74) is 2.51. The molecule has 1 unspecified atom stereocenters. The maximum absolute atomic E-state index is 5.93. The molecular formula is C16H17N3O. The molecule has 0 aliphatic heterocycles. The average Bonchev–Trinajstić information content (AvgIpc) is 2.76. The van der Waals surface area contributed by atoms with Crippen LogP contribution in [0.5, 0.6) is 0 Å². The number of nitrogens with one attached hydrogen (secondary N) is 1. The van der Waals surface area contributed by atoms with Gasteiger partial charge in [-0.15, -0.1) is 0 Å². The molecule has 4 nitrogen and oxygen atoms in total. The van der Waals surface area contributed by atoms with Crippen LogP contribution in [0, 0.1) is 5.92 Å². The fourth-order valence-corrected chi connectivity index (χ4v) is 2.90. The van der Waals surface area contributed by atoms with Gasteiger partial charge >= 0.3 is 0 Å². The zero-order valence-corrected chi connectivity index (χ0v) is 11.5. The van der Waals surface area contributed by atoms with Crippen LogP contribution in [0.15, 0.2) is 35.0 Å². The number of fused-ring (bicyclic) bond motifs is 3. The molecule has 0 radical (unpaired) electrons. The Hall–Kier alpha value is -2.10. The Kier molecular flexibility index (Phi) is 2.62. The molecule has 1 aliphatic carbocycles. The van der Waals surface area contributed by atoms with Crippen molar-refractivity contribution < 1.29 is 4.42 Å². The van der Waals surface area contributed by atoms with Crippen LogP contribution in [-0.4, -0.2) is 16.0 Å². The van der Waals surface area contributed by atoms with E-state index in [4.69, 9.17) is 4.42 Å². The van der Waals surface area contributed by atoms with Crippen LogP contribution in [0.2, 0.25) is 0 Å². The minimum atomic E-state index is 0.426. The van der Waals surface area contributed by atoms with Gasteiger partial charge in [0.15, 0.2) is 11.4 Å². The third kappa shape index (κ3) is 1.75. The summed E-state index contributed by atoms with van der Waals surface area (Å²) < 4.78 is 5.93. The summed E-state index contributed by atoms with van der Waals surface area (Å²) in [5, 5.41) is 4.55. The Balaban J connectivity index is 1.78. The van der Waals surface area contributed by atoms with Gasteiger partial charge in [0.25, 0.3) is 0 Å². The van der Waals surface area contributed by atoms with Crippen molar-refractivity contribution in [2.45, 2.75) is 32.2 Å². The molecule has 1 N–H and O–H groups in total. The van der Waals surface area contributed by atoms with E-state index < -0.39 is 0 Å². The zero-order chi connectivity index (χ0) is 13.5. The summed E-state index contributed by atoms with van der Waals surface area (Å²) in [6, 6.07) is 8.41. The van der Waals surface area contributed by atoms with Gasteiger partial charge in [-0.25, -0.2) is 9.97 Å². The SMILES string of the molecule is CC(Nc1ncnc2c1oc1ccccc12)C1CCC1. The normalized spacial score (nSPS) is 17.2. The van der Waals surface area contributed by atoms with Gasteiger partial charge in [0, 0.05) is 11.4 Å². The Morgan fingerprint density at radius 2 is 2.10 bits per heavy atom. The molecule has 2 aromatic heterocycles. The molecule has 0 saturated heterocycles. The number of nitrogens with zero attached hydrogens (tertiary/aromatic N) is 2. The third-order valence-electron chi connectivity index (χ3n) is 4.38. The predicted molar refractivity (Wildman–Crippen MR) is 79.7 cm³/mol. The van der Waals surface area contributed by atoms with Gasteiger partial charge in [-0.05, 0) is 37.8 Å². The van der Waals surface area contributed by atoms with E-state index in [1.165, 1.54) is 19.3 Å².